The molecule has 0 aliphatic heterocycles. The van der Waals surface area contributed by atoms with Gasteiger partial charge in [-0.3, -0.25) is 4.98 Å². The van der Waals surface area contributed by atoms with E-state index in [1.165, 1.54) is 6.92 Å². The van der Waals surface area contributed by atoms with Gasteiger partial charge in [0.05, 0.1) is 4.90 Å². The van der Waals surface area contributed by atoms with E-state index in [2.05, 4.69) is 4.98 Å². The number of pyridine rings is 1. The quantitative estimate of drug-likeness (QED) is 0.764. The zero-order valence-corrected chi connectivity index (χ0v) is 8.48. The van der Waals surface area contributed by atoms with Gasteiger partial charge in [0, 0.05) is 23.7 Å². The zero-order valence-electron chi connectivity index (χ0n) is 7.66. The van der Waals surface area contributed by atoms with Crippen LogP contribution in [0.4, 0.5) is 8.78 Å². The third-order valence-corrected chi connectivity index (χ3v) is 2.84. The van der Waals surface area contributed by atoms with Crippen molar-refractivity contribution in [3.8, 4) is 0 Å². The van der Waals surface area contributed by atoms with E-state index in [-0.39, 0.29) is 16.2 Å². The molecule has 0 bridgehead atoms. The summed E-state index contributed by atoms with van der Waals surface area (Å²) in [4.78, 5) is 3.43. The Morgan fingerprint density at radius 1 is 1.43 bits per heavy atom. The zero-order chi connectivity index (χ0) is 10.9. The molecule has 0 fully saturated rings. The number of hydrogen-bond donors (Lipinski definition) is 0. The summed E-state index contributed by atoms with van der Waals surface area (Å²) in [5.74, 6) is 0. The third kappa shape index (κ3) is 2.25. The van der Waals surface area contributed by atoms with Crippen molar-refractivity contribution in [2.45, 2.75) is 18.2 Å². The van der Waals surface area contributed by atoms with Gasteiger partial charge in [0.25, 0.3) is 6.43 Å². The van der Waals surface area contributed by atoms with Crippen molar-refractivity contribution in [1.82, 2.24) is 4.98 Å². The van der Waals surface area contributed by atoms with Crippen LogP contribution in [0.1, 0.15) is 17.7 Å². The van der Waals surface area contributed by atoms with E-state index in [9.17, 15) is 17.2 Å². The van der Waals surface area contributed by atoms with Crippen LogP contribution in [0, 0.1) is 6.92 Å². The second kappa shape index (κ2) is 3.61. The summed E-state index contributed by atoms with van der Waals surface area (Å²) >= 11 is 0. The van der Waals surface area contributed by atoms with Gasteiger partial charge in [0.1, 0.15) is 0 Å². The molecule has 1 aromatic heterocycles. The Labute approximate surface area is 80.7 Å². The summed E-state index contributed by atoms with van der Waals surface area (Å²) in [5.41, 5.74) is -0.194. The molecule has 1 heterocycles. The fourth-order valence-electron chi connectivity index (χ4n) is 0.954. The molecule has 0 unspecified atom stereocenters. The molecule has 0 saturated carbocycles. The van der Waals surface area contributed by atoms with Crippen molar-refractivity contribution in [3.63, 3.8) is 0 Å². The molecule has 78 valence electrons. The van der Waals surface area contributed by atoms with Crippen molar-refractivity contribution >= 4 is 9.84 Å². The molecule has 0 atom stereocenters. The first-order valence-corrected chi connectivity index (χ1v) is 5.66. The lowest BCUT2D eigenvalue weighted by Crippen LogP contribution is -2.02. The van der Waals surface area contributed by atoms with Crippen molar-refractivity contribution < 1.29 is 17.2 Å². The van der Waals surface area contributed by atoms with Crippen LogP contribution in [0.15, 0.2) is 17.2 Å². The normalized spacial score (nSPS) is 12.1. The number of halogens is 2. The predicted octanol–water partition coefficient (Wildman–Crippen LogP) is 1.73. The average Bonchev–Trinajstić information content (AvgIpc) is 2.02. The predicted molar refractivity (Wildman–Crippen MR) is 47.0 cm³/mol. The highest BCUT2D eigenvalue weighted by Gasteiger charge is 2.16. The highest BCUT2D eigenvalue weighted by molar-refractivity contribution is 7.90. The molecule has 0 aromatic carbocycles. The molecule has 0 saturated heterocycles. The Hall–Kier alpha value is -1.04. The van der Waals surface area contributed by atoms with E-state index in [1.54, 1.807) is 0 Å². The fourth-order valence-corrected chi connectivity index (χ4v) is 1.54. The SMILES string of the molecule is Cc1ncc(S(C)(=O)=O)cc1C(F)F. The van der Waals surface area contributed by atoms with Crippen LogP contribution < -0.4 is 0 Å². The van der Waals surface area contributed by atoms with E-state index in [4.69, 9.17) is 0 Å². The summed E-state index contributed by atoms with van der Waals surface area (Å²) in [6, 6.07) is 0.961. The number of aryl methyl sites for hydroxylation is 1. The molecule has 3 nitrogen and oxygen atoms in total. The van der Waals surface area contributed by atoms with Crippen molar-refractivity contribution in [3.05, 3.63) is 23.5 Å². The first kappa shape index (κ1) is 11.0. The largest absolute Gasteiger partial charge is 0.265 e. The van der Waals surface area contributed by atoms with Crippen LogP contribution in [0.5, 0.6) is 0 Å². The number of aromatic nitrogens is 1. The number of rotatable bonds is 2. The van der Waals surface area contributed by atoms with Crippen LogP contribution in [0.2, 0.25) is 0 Å². The Morgan fingerprint density at radius 2 is 2.00 bits per heavy atom. The molecule has 0 aliphatic rings. The molecule has 1 rings (SSSR count). The van der Waals surface area contributed by atoms with Crippen molar-refractivity contribution in [2.24, 2.45) is 0 Å². The lowest BCUT2D eigenvalue weighted by atomic mass is 10.2. The number of hydrogen-bond acceptors (Lipinski definition) is 3. The number of nitrogens with zero attached hydrogens (tertiary/aromatic N) is 1. The third-order valence-electron chi connectivity index (χ3n) is 1.76. The minimum atomic E-state index is -3.47. The monoisotopic (exact) mass is 221 g/mol. The van der Waals surface area contributed by atoms with Crippen LogP contribution in [0.3, 0.4) is 0 Å². The first-order valence-electron chi connectivity index (χ1n) is 3.77. The summed E-state index contributed by atoms with van der Waals surface area (Å²) in [7, 11) is -3.47. The molecule has 0 spiro atoms. The maximum atomic E-state index is 12.4. The summed E-state index contributed by atoms with van der Waals surface area (Å²) in [6.45, 7) is 1.41. The van der Waals surface area contributed by atoms with E-state index < -0.39 is 16.3 Å². The standard InChI is InChI=1S/C8H9F2NO2S/c1-5-7(8(9)10)3-6(4-11-5)14(2,12)13/h3-4,8H,1-2H3. The number of sulfone groups is 1. The lowest BCUT2D eigenvalue weighted by Gasteiger charge is -2.05. The number of alkyl halides is 2. The minimum absolute atomic E-state index is 0.146. The van der Waals surface area contributed by atoms with Gasteiger partial charge in [-0.1, -0.05) is 0 Å². The summed E-state index contributed by atoms with van der Waals surface area (Å²) in [5, 5.41) is 0. The average molecular weight is 221 g/mol. The molecule has 14 heavy (non-hydrogen) atoms. The van der Waals surface area contributed by atoms with Crippen LogP contribution in [-0.4, -0.2) is 19.7 Å². The molecular weight excluding hydrogens is 212 g/mol. The van der Waals surface area contributed by atoms with Gasteiger partial charge >= 0.3 is 0 Å². The van der Waals surface area contributed by atoms with E-state index in [0.29, 0.717) is 0 Å². The second-order valence-electron chi connectivity index (χ2n) is 2.92. The van der Waals surface area contributed by atoms with E-state index in [1.807, 2.05) is 0 Å². The first-order chi connectivity index (χ1) is 6.32. The summed E-state index contributed by atoms with van der Waals surface area (Å²) < 4.78 is 46.8. The fraction of sp³-hybridized carbons (Fsp3) is 0.375. The van der Waals surface area contributed by atoms with Gasteiger partial charge in [0.15, 0.2) is 9.84 Å². The summed E-state index contributed by atoms with van der Waals surface area (Å²) in [6.07, 6.45) is -0.672. The van der Waals surface area contributed by atoms with Gasteiger partial charge in [-0.05, 0) is 13.0 Å². The Kier molecular flexibility index (Phi) is 2.84. The van der Waals surface area contributed by atoms with E-state index >= 15 is 0 Å². The van der Waals surface area contributed by atoms with Crippen molar-refractivity contribution in [2.75, 3.05) is 6.26 Å². The highest BCUT2D eigenvalue weighted by Crippen LogP contribution is 2.23. The van der Waals surface area contributed by atoms with Gasteiger partial charge < -0.3 is 0 Å². The smallest absolute Gasteiger partial charge is 0.260 e. The second-order valence-corrected chi connectivity index (χ2v) is 4.93. The lowest BCUT2D eigenvalue weighted by molar-refractivity contribution is 0.149. The van der Waals surface area contributed by atoms with Gasteiger partial charge in [-0.25, -0.2) is 17.2 Å². The topological polar surface area (TPSA) is 47.0 Å². The molecule has 0 radical (unpaired) electrons. The molecule has 0 amide bonds. The Bertz CT molecular complexity index is 443. The van der Waals surface area contributed by atoms with E-state index in [0.717, 1.165) is 18.5 Å². The molecule has 6 heteroatoms. The van der Waals surface area contributed by atoms with Crippen LogP contribution in [-0.2, 0) is 9.84 Å². The van der Waals surface area contributed by atoms with Crippen LogP contribution >= 0.6 is 0 Å². The van der Waals surface area contributed by atoms with Gasteiger partial charge in [0.2, 0.25) is 0 Å². The van der Waals surface area contributed by atoms with Crippen LogP contribution in [0.25, 0.3) is 0 Å². The Morgan fingerprint density at radius 3 is 2.43 bits per heavy atom. The highest BCUT2D eigenvalue weighted by atomic mass is 32.2. The van der Waals surface area contributed by atoms with Crippen molar-refractivity contribution in [1.29, 1.82) is 0 Å². The minimum Gasteiger partial charge on any atom is -0.260 e. The maximum absolute atomic E-state index is 12.4. The Balaban J connectivity index is 3.34. The molecule has 0 N–H and O–H groups in total. The molecular formula is C8H9F2NO2S. The molecule has 0 aliphatic carbocycles. The maximum Gasteiger partial charge on any atom is 0.265 e. The molecule has 1 aromatic rings. The van der Waals surface area contributed by atoms with Gasteiger partial charge in [-0.2, -0.15) is 0 Å². The van der Waals surface area contributed by atoms with Gasteiger partial charge in [-0.15, -0.1) is 0 Å².